The maximum atomic E-state index is 13.9. The lowest BCUT2D eigenvalue weighted by atomic mass is 10.1. The first-order valence-corrected chi connectivity index (χ1v) is 13.1. The number of para-hydroxylation sites is 1. The molecule has 0 heterocycles. The van der Waals surface area contributed by atoms with Crippen molar-refractivity contribution < 1.29 is 17.9 Å². The van der Waals surface area contributed by atoms with Gasteiger partial charge in [0.2, 0.25) is 0 Å². The van der Waals surface area contributed by atoms with Crippen molar-refractivity contribution in [2.75, 3.05) is 11.4 Å². The van der Waals surface area contributed by atoms with Crippen LogP contribution >= 0.6 is 11.6 Å². The Labute approximate surface area is 221 Å². The molecule has 4 aromatic rings. The quantitative estimate of drug-likeness (QED) is 0.227. The van der Waals surface area contributed by atoms with E-state index in [4.69, 9.17) is 16.3 Å². The van der Waals surface area contributed by atoms with E-state index in [1.807, 2.05) is 30.3 Å². The van der Waals surface area contributed by atoms with Gasteiger partial charge < -0.3 is 4.74 Å². The predicted octanol–water partition coefficient (Wildman–Crippen LogP) is 5.51. The summed E-state index contributed by atoms with van der Waals surface area (Å²) in [6.07, 6.45) is 1.46. The fraction of sp³-hybridized carbons (Fsp3) is 0.0714. The van der Waals surface area contributed by atoms with E-state index in [0.29, 0.717) is 16.3 Å². The molecule has 37 heavy (non-hydrogen) atoms. The molecule has 4 rings (SSSR count). The SMILES string of the molecule is COc1ccc(S(=O)(=O)N(Cc2ccccc2)c2ccccc2C(=O)N/N=C/c2cccc(Cl)c2)cc1. The molecule has 1 amide bonds. The number of ether oxygens (including phenoxy) is 1. The van der Waals surface area contributed by atoms with Crippen molar-refractivity contribution >= 4 is 39.4 Å². The minimum Gasteiger partial charge on any atom is -0.497 e. The van der Waals surface area contributed by atoms with Crippen molar-refractivity contribution in [3.05, 3.63) is 125 Å². The lowest BCUT2D eigenvalue weighted by molar-refractivity contribution is 0.0955. The number of sulfonamides is 1. The molecule has 0 saturated heterocycles. The number of amides is 1. The van der Waals surface area contributed by atoms with Gasteiger partial charge in [-0.1, -0.05) is 66.2 Å². The van der Waals surface area contributed by atoms with E-state index in [1.54, 1.807) is 60.7 Å². The number of nitrogens with zero attached hydrogens (tertiary/aromatic N) is 2. The fourth-order valence-corrected chi connectivity index (χ4v) is 5.29. The van der Waals surface area contributed by atoms with E-state index in [0.717, 1.165) is 5.56 Å². The Bertz CT molecular complexity index is 1510. The highest BCUT2D eigenvalue weighted by atomic mass is 35.5. The van der Waals surface area contributed by atoms with Gasteiger partial charge in [0, 0.05) is 5.02 Å². The molecule has 0 unspecified atom stereocenters. The third-order valence-corrected chi connectivity index (χ3v) is 7.47. The highest BCUT2D eigenvalue weighted by molar-refractivity contribution is 7.92. The van der Waals surface area contributed by atoms with Gasteiger partial charge in [-0.25, -0.2) is 13.8 Å². The van der Waals surface area contributed by atoms with E-state index < -0.39 is 15.9 Å². The number of anilines is 1. The first-order chi connectivity index (χ1) is 17.9. The number of methoxy groups -OCH3 is 1. The summed E-state index contributed by atoms with van der Waals surface area (Å²) >= 11 is 6.00. The molecule has 0 atom stereocenters. The van der Waals surface area contributed by atoms with E-state index in [1.165, 1.54) is 29.8 Å². The molecule has 0 aliphatic rings. The fourth-order valence-electron chi connectivity index (χ4n) is 3.62. The van der Waals surface area contributed by atoms with Crippen molar-refractivity contribution in [3.8, 4) is 5.75 Å². The smallest absolute Gasteiger partial charge is 0.273 e. The number of hydrogen-bond donors (Lipinski definition) is 1. The lowest BCUT2D eigenvalue weighted by Gasteiger charge is -2.26. The van der Waals surface area contributed by atoms with Crippen LogP contribution in [-0.2, 0) is 16.6 Å². The van der Waals surface area contributed by atoms with Crippen LogP contribution < -0.4 is 14.5 Å². The Morgan fingerprint density at radius 2 is 1.65 bits per heavy atom. The molecule has 1 N–H and O–H groups in total. The van der Waals surface area contributed by atoms with E-state index >= 15 is 0 Å². The molecule has 188 valence electrons. The second-order valence-corrected chi connectivity index (χ2v) is 10.2. The molecular weight excluding hydrogens is 510 g/mol. The zero-order valence-corrected chi connectivity index (χ0v) is 21.5. The summed E-state index contributed by atoms with van der Waals surface area (Å²) in [5.74, 6) is -0.0252. The van der Waals surface area contributed by atoms with Crippen molar-refractivity contribution in [1.29, 1.82) is 0 Å². The minimum atomic E-state index is -4.06. The third kappa shape index (κ3) is 6.35. The molecule has 0 aromatic heterocycles. The maximum absolute atomic E-state index is 13.9. The summed E-state index contributed by atoms with van der Waals surface area (Å²) in [5.41, 5.74) is 4.31. The third-order valence-electron chi connectivity index (χ3n) is 5.46. The molecule has 0 aliphatic heterocycles. The normalized spacial score (nSPS) is 11.3. The Morgan fingerprint density at radius 1 is 0.946 bits per heavy atom. The average Bonchev–Trinajstić information content (AvgIpc) is 2.92. The highest BCUT2D eigenvalue weighted by Gasteiger charge is 2.28. The standard InChI is InChI=1S/C28H24ClN3O4S/c1-36-24-14-16-25(17-15-24)37(34,35)32(20-21-8-3-2-4-9-21)27-13-6-5-12-26(27)28(33)31-30-19-22-10-7-11-23(29)18-22/h2-19H,20H2,1H3,(H,31,33)/b30-19+. The summed E-state index contributed by atoms with van der Waals surface area (Å²) in [6, 6.07) is 28.8. The van der Waals surface area contributed by atoms with Crippen LogP contribution in [0.2, 0.25) is 5.02 Å². The molecule has 7 nitrogen and oxygen atoms in total. The van der Waals surface area contributed by atoms with Gasteiger partial charge >= 0.3 is 0 Å². The number of halogens is 1. The monoisotopic (exact) mass is 533 g/mol. The first kappa shape index (κ1) is 25.9. The van der Waals surface area contributed by atoms with Crippen LogP contribution in [0.1, 0.15) is 21.5 Å². The topological polar surface area (TPSA) is 88.1 Å². The first-order valence-electron chi connectivity index (χ1n) is 11.3. The number of benzene rings is 4. The number of nitrogens with one attached hydrogen (secondary N) is 1. The molecule has 0 fully saturated rings. The summed E-state index contributed by atoms with van der Waals surface area (Å²) in [4.78, 5) is 13.2. The van der Waals surface area contributed by atoms with E-state index in [-0.39, 0.29) is 22.7 Å². The number of hydrazone groups is 1. The van der Waals surface area contributed by atoms with Gasteiger partial charge in [0.05, 0.1) is 36.0 Å². The molecule has 0 bridgehead atoms. The summed E-state index contributed by atoms with van der Waals surface area (Å²) in [5, 5.41) is 4.56. The van der Waals surface area contributed by atoms with Gasteiger partial charge in [-0.15, -0.1) is 0 Å². The zero-order chi connectivity index (χ0) is 26.3. The predicted molar refractivity (Wildman–Crippen MR) is 146 cm³/mol. The second-order valence-electron chi connectivity index (χ2n) is 7.94. The molecule has 0 radical (unpaired) electrons. The molecule has 0 spiro atoms. The number of carbonyl (C=O) groups excluding carboxylic acids is 1. The molecular formula is C28H24ClN3O4S. The number of carbonyl (C=O) groups is 1. The van der Waals surface area contributed by atoms with Crippen LogP contribution in [0.25, 0.3) is 0 Å². The Balaban J connectivity index is 1.70. The Morgan fingerprint density at radius 3 is 2.35 bits per heavy atom. The van der Waals surface area contributed by atoms with Crippen molar-refractivity contribution in [3.63, 3.8) is 0 Å². The maximum Gasteiger partial charge on any atom is 0.273 e. The van der Waals surface area contributed by atoms with Gasteiger partial charge in [0.1, 0.15) is 5.75 Å². The van der Waals surface area contributed by atoms with Gasteiger partial charge in [-0.2, -0.15) is 5.10 Å². The summed E-state index contributed by atoms with van der Waals surface area (Å²) in [7, 11) is -2.55. The van der Waals surface area contributed by atoms with Crippen LogP contribution in [0, 0.1) is 0 Å². The van der Waals surface area contributed by atoms with E-state index in [2.05, 4.69) is 10.5 Å². The van der Waals surface area contributed by atoms with E-state index in [9.17, 15) is 13.2 Å². The van der Waals surface area contributed by atoms with Crippen LogP contribution in [0.3, 0.4) is 0 Å². The van der Waals surface area contributed by atoms with Gasteiger partial charge in [-0.05, 0) is 59.7 Å². The van der Waals surface area contributed by atoms with Gasteiger partial charge in [-0.3, -0.25) is 9.10 Å². The van der Waals surface area contributed by atoms with Crippen LogP contribution in [0.5, 0.6) is 5.75 Å². The second kappa shape index (κ2) is 11.7. The largest absolute Gasteiger partial charge is 0.497 e. The molecule has 0 saturated carbocycles. The van der Waals surface area contributed by atoms with Crippen LogP contribution in [-0.4, -0.2) is 27.6 Å². The lowest BCUT2D eigenvalue weighted by Crippen LogP contribution is -2.33. The summed E-state index contributed by atoms with van der Waals surface area (Å²) < 4.78 is 34.1. The number of hydrogen-bond acceptors (Lipinski definition) is 5. The molecule has 0 aliphatic carbocycles. The number of rotatable bonds is 9. The minimum absolute atomic E-state index is 0.0191. The summed E-state index contributed by atoms with van der Waals surface area (Å²) in [6.45, 7) is 0.0191. The van der Waals surface area contributed by atoms with Crippen molar-refractivity contribution in [2.45, 2.75) is 11.4 Å². The molecule has 4 aromatic carbocycles. The highest BCUT2D eigenvalue weighted by Crippen LogP contribution is 2.30. The van der Waals surface area contributed by atoms with Crippen LogP contribution in [0.4, 0.5) is 5.69 Å². The van der Waals surface area contributed by atoms with Crippen molar-refractivity contribution in [2.24, 2.45) is 5.10 Å². The molecule has 9 heteroatoms. The Kier molecular flexibility index (Phi) is 8.22. The zero-order valence-electron chi connectivity index (χ0n) is 19.9. The van der Waals surface area contributed by atoms with Gasteiger partial charge in [0.15, 0.2) is 0 Å². The van der Waals surface area contributed by atoms with Crippen LogP contribution in [0.15, 0.2) is 113 Å². The Hall–Kier alpha value is -4.14. The average molecular weight is 534 g/mol. The van der Waals surface area contributed by atoms with Crippen molar-refractivity contribution in [1.82, 2.24) is 5.43 Å². The van der Waals surface area contributed by atoms with Gasteiger partial charge in [0.25, 0.3) is 15.9 Å².